The second-order valence-electron chi connectivity index (χ2n) is 12.0. The monoisotopic (exact) mass is 600 g/mol. The molecule has 0 bridgehead atoms. The molecule has 2 aromatic carbocycles. The van der Waals surface area contributed by atoms with E-state index in [1.54, 1.807) is 4.57 Å². The summed E-state index contributed by atoms with van der Waals surface area (Å²) in [5, 5.41) is 16.2. The molecule has 1 atom stereocenters. The molecule has 2 N–H and O–H groups in total. The van der Waals surface area contributed by atoms with Gasteiger partial charge in [-0.3, -0.25) is 4.79 Å². The van der Waals surface area contributed by atoms with E-state index in [1.807, 2.05) is 45.3 Å². The van der Waals surface area contributed by atoms with Gasteiger partial charge >= 0.3 is 0 Å². The van der Waals surface area contributed by atoms with Crippen LogP contribution in [0.5, 0.6) is 5.75 Å². The number of nitrogens with zero attached hydrogens (tertiary/aromatic N) is 3. The van der Waals surface area contributed by atoms with Crippen molar-refractivity contribution in [1.29, 1.82) is 0 Å². The first kappa shape index (κ1) is 29.2. The van der Waals surface area contributed by atoms with Gasteiger partial charge in [0.1, 0.15) is 30.3 Å². The van der Waals surface area contributed by atoms with E-state index < -0.39 is 5.60 Å². The lowest BCUT2D eigenvalue weighted by molar-refractivity contribution is -0.0172. The zero-order chi connectivity index (χ0) is 30.6. The number of hydrogen-bond acceptors (Lipinski definition) is 7. The van der Waals surface area contributed by atoms with Gasteiger partial charge in [0.05, 0.1) is 34.0 Å². The molecule has 0 spiro atoms. The van der Waals surface area contributed by atoms with Crippen LogP contribution >= 0.6 is 11.6 Å². The van der Waals surface area contributed by atoms with Crippen molar-refractivity contribution < 1.29 is 14.6 Å². The Balaban J connectivity index is 1.41. The third-order valence-corrected chi connectivity index (χ3v) is 8.54. The molecule has 0 saturated heterocycles. The van der Waals surface area contributed by atoms with Crippen LogP contribution in [0.25, 0.3) is 22.3 Å². The zero-order valence-corrected chi connectivity index (χ0v) is 26.0. The highest BCUT2D eigenvalue weighted by Crippen LogP contribution is 2.43. The third kappa shape index (κ3) is 5.07. The number of anilines is 1. The number of ether oxygens (including phenoxy) is 2. The number of nitrogens with one attached hydrogen (secondary N) is 1. The van der Waals surface area contributed by atoms with Gasteiger partial charge in [0.15, 0.2) is 0 Å². The zero-order valence-electron chi connectivity index (χ0n) is 25.3. The van der Waals surface area contributed by atoms with Crippen molar-refractivity contribution in [2.75, 3.05) is 19.4 Å². The second kappa shape index (κ2) is 11.0. The van der Waals surface area contributed by atoms with Gasteiger partial charge in [-0.25, -0.2) is 4.98 Å². The fourth-order valence-corrected chi connectivity index (χ4v) is 6.34. The van der Waals surface area contributed by atoms with Crippen LogP contribution in [0.3, 0.4) is 0 Å². The molecule has 0 amide bonds. The van der Waals surface area contributed by atoms with E-state index in [4.69, 9.17) is 26.1 Å². The molecule has 43 heavy (non-hydrogen) atoms. The van der Waals surface area contributed by atoms with Crippen LogP contribution in [-0.4, -0.2) is 39.7 Å². The summed E-state index contributed by atoms with van der Waals surface area (Å²) >= 11 is 6.88. The topological polar surface area (TPSA) is 88.9 Å². The molecule has 2 aromatic heterocycles. The number of benzene rings is 2. The number of pyridine rings is 2. The summed E-state index contributed by atoms with van der Waals surface area (Å²) in [6.45, 7) is 11.4. The lowest BCUT2D eigenvalue weighted by Gasteiger charge is -2.35. The lowest BCUT2D eigenvalue weighted by atomic mass is 9.84. The lowest BCUT2D eigenvalue weighted by Crippen LogP contribution is -2.38. The normalized spacial score (nSPS) is 17.2. The molecular weight excluding hydrogens is 564 g/mol. The highest BCUT2D eigenvalue weighted by Gasteiger charge is 2.41. The van der Waals surface area contributed by atoms with Crippen LogP contribution in [0.15, 0.2) is 59.6 Å². The average molecular weight is 601 g/mol. The van der Waals surface area contributed by atoms with E-state index in [9.17, 15) is 9.90 Å². The minimum atomic E-state index is -1.43. The Morgan fingerprint density at radius 1 is 1.23 bits per heavy atom. The standard InChI is InChI=1S/C34H37ClN4O4/c1-7-34(41)20(4)42-18-26-27(34)13-30-31-22(15-39(30)33(26)40)12-24-25(16-38(5)6)32(28(35)14-29(24)37-31)43-17-21-8-10-23(11-9-21)36-19(2)3/h8-14,19,36,41H,4,7,15-18H2,1-3,5-6H3/t34-/m1/s1. The Kier molecular flexibility index (Phi) is 7.49. The summed E-state index contributed by atoms with van der Waals surface area (Å²) in [5.41, 5.74) is 5.44. The SMILES string of the molecule is C=C1OCc2c(cc3n(c2=O)Cc2cc4c(CN(C)C)c(OCc5ccc(NC(C)C)cc5)c(Cl)cc4nc2-3)[C@@]1(O)CC. The van der Waals surface area contributed by atoms with Crippen molar-refractivity contribution in [2.24, 2.45) is 0 Å². The first-order valence-electron chi connectivity index (χ1n) is 14.6. The molecule has 6 rings (SSSR count). The van der Waals surface area contributed by atoms with E-state index in [2.05, 4.69) is 48.8 Å². The Hall–Kier alpha value is -3.85. The highest BCUT2D eigenvalue weighted by atomic mass is 35.5. The first-order valence-corrected chi connectivity index (χ1v) is 15.0. The van der Waals surface area contributed by atoms with Gasteiger partial charge < -0.3 is 29.4 Å². The summed E-state index contributed by atoms with van der Waals surface area (Å²) in [7, 11) is 4.00. The predicted molar refractivity (Wildman–Crippen MR) is 171 cm³/mol. The van der Waals surface area contributed by atoms with Gasteiger partial charge in [0.25, 0.3) is 5.56 Å². The van der Waals surface area contributed by atoms with Crippen molar-refractivity contribution in [3.8, 4) is 17.1 Å². The number of aromatic nitrogens is 2. The molecule has 0 aliphatic carbocycles. The second-order valence-corrected chi connectivity index (χ2v) is 12.4. The molecule has 2 aliphatic rings. The molecular formula is C34H37ClN4O4. The smallest absolute Gasteiger partial charge is 0.258 e. The van der Waals surface area contributed by atoms with Gasteiger partial charge in [-0.2, -0.15) is 0 Å². The minimum Gasteiger partial charge on any atom is -0.490 e. The molecule has 4 aromatic rings. The predicted octanol–water partition coefficient (Wildman–Crippen LogP) is 6.18. The quantitative estimate of drug-likeness (QED) is 0.220. The van der Waals surface area contributed by atoms with Gasteiger partial charge in [-0.15, -0.1) is 0 Å². The number of fused-ring (bicyclic) bond motifs is 5. The van der Waals surface area contributed by atoms with E-state index >= 15 is 0 Å². The van der Waals surface area contributed by atoms with E-state index in [0.29, 0.717) is 71.0 Å². The average Bonchev–Trinajstić information content (AvgIpc) is 3.32. The Morgan fingerprint density at radius 3 is 2.65 bits per heavy atom. The van der Waals surface area contributed by atoms with Gasteiger partial charge in [0, 0.05) is 40.4 Å². The maximum absolute atomic E-state index is 13.7. The molecule has 0 fully saturated rings. The molecule has 9 heteroatoms. The van der Waals surface area contributed by atoms with Crippen molar-refractivity contribution in [3.63, 3.8) is 0 Å². The Morgan fingerprint density at radius 2 is 1.98 bits per heavy atom. The summed E-state index contributed by atoms with van der Waals surface area (Å²) in [5.74, 6) is 0.883. The number of halogens is 1. The van der Waals surface area contributed by atoms with Crippen molar-refractivity contribution in [3.05, 3.63) is 98.0 Å². The number of hydrogen-bond donors (Lipinski definition) is 2. The van der Waals surface area contributed by atoms with Crippen LogP contribution in [0.2, 0.25) is 5.02 Å². The molecule has 4 heterocycles. The molecule has 0 saturated carbocycles. The third-order valence-electron chi connectivity index (χ3n) is 8.26. The van der Waals surface area contributed by atoms with Crippen molar-refractivity contribution in [1.82, 2.24) is 14.5 Å². The largest absolute Gasteiger partial charge is 0.490 e. The van der Waals surface area contributed by atoms with E-state index in [-0.39, 0.29) is 17.9 Å². The maximum Gasteiger partial charge on any atom is 0.258 e. The van der Waals surface area contributed by atoms with Crippen LogP contribution < -0.4 is 15.6 Å². The molecule has 0 radical (unpaired) electrons. The maximum atomic E-state index is 13.7. The van der Waals surface area contributed by atoms with E-state index in [1.165, 1.54) is 0 Å². The van der Waals surface area contributed by atoms with Crippen LogP contribution in [0, 0.1) is 0 Å². The highest BCUT2D eigenvalue weighted by molar-refractivity contribution is 6.33. The van der Waals surface area contributed by atoms with Crippen LogP contribution in [-0.2, 0) is 36.6 Å². The number of rotatable bonds is 8. The van der Waals surface area contributed by atoms with Gasteiger partial charge in [-0.05, 0) is 70.3 Å². The van der Waals surface area contributed by atoms with Crippen LogP contribution in [0.1, 0.15) is 55.0 Å². The van der Waals surface area contributed by atoms with Crippen molar-refractivity contribution in [2.45, 2.75) is 65.1 Å². The fraction of sp³-hybridized carbons (Fsp3) is 0.353. The molecule has 0 unspecified atom stereocenters. The summed E-state index contributed by atoms with van der Waals surface area (Å²) in [4.78, 5) is 20.8. The Bertz CT molecular complexity index is 1810. The number of aliphatic hydroxyl groups is 1. The molecule has 224 valence electrons. The summed E-state index contributed by atoms with van der Waals surface area (Å²) in [6, 6.07) is 14.4. The van der Waals surface area contributed by atoms with Crippen molar-refractivity contribution >= 4 is 28.2 Å². The van der Waals surface area contributed by atoms with E-state index in [0.717, 1.165) is 27.8 Å². The summed E-state index contributed by atoms with van der Waals surface area (Å²) < 4.78 is 13.7. The minimum absolute atomic E-state index is 0.0849. The summed E-state index contributed by atoms with van der Waals surface area (Å²) in [6.07, 6.45) is 0.338. The Labute approximate surface area is 256 Å². The first-order chi connectivity index (χ1) is 20.5. The fourth-order valence-electron chi connectivity index (χ4n) is 6.07. The molecule has 8 nitrogen and oxygen atoms in total. The molecule has 2 aliphatic heterocycles. The van der Waals surface area contributed by atoms with Gasteiger partial charge in [0.2, 0.25) is 0 Å². The van der Waals surface area contributed by atoms with Gasteiger partial charge in [-0.1, -0.05) is 37.2 Å². The van der Waals surface area contributed by atoms with Crippen LogP contribution in [0.4, 0.5) is 5.69 Å².